The van der Waals surface area contributed by atoms with Gasteiger partial charge in [-0.15, -0.1) is 0 Å². The zero-order valence-electron chi connectivity index (χ0n) is 18.7. The van der Waals surface area contributed by atoms with Crippen LogP contribution >= 0.6 is 0 Å². The van der Waals surface area contributed by atoms with Crippen LogP contribution < -0.4 is 9.47 Å². The second-order valence-electron chi connectivity index (χ2n) is 7.65. The highest BCUT2D eigenvalue weighted by Crippen LogP contribution is 2.25. The second kappa shape index (κ2) is 10.4. The molecule has 0 radical (unpaired) electrons. The van der Waals surface area contributed by atoms with E-state index in [1.165, 1.54) is 48.5 Å². The number of benzene rings is 4. The molecule has 35 heavy (non-hydrogen) atoms. The second-order valence-corrected chi connectivity index (χ2v) is 7.65. The van der Waals surface area contributed by atoms with E-state index in [9.17, 15) is 19.8 Å². The van der Waals surface area contributed by atoms with Crippen LogP contribution in [0.5, 0.6) is 23.0 Å². The summed E-state index contributed by atoms with van der Waals surface area (Å²) in [7, 11) is 0. The number of phenols is 2. The molecule has 7 nitrogen and oxygen atoms in total. The van der Waals surface area contributed by atoms with Crippen LogP contribution in [0.15, 0.2) is 96.0 Å². The average Bonchev–Trinajstić information content (AvgIpc) is 2.86. The van der Waals surface area contributed by atoms with Crippen molar-refractivity contribution in [1.82, 2.24) is 0 Å². The highest BCUT2D eigenvalue weighted by Gasteiger charge is 2.11. The minimum absolute atomic E-state index is 0.0738. The molecule has 0 atom stereocenters. The van der Waals surface area contributed by atoms with Gasteiger partial charge in [0, 0.05) is 6.21 Å². The molecule has 0 aliphatic carbocycles. The first-order valence-electron chi connectivity index (χ1n) is 10.6. The van der Waals surface area contributed by atoms with Crippen LogP contribution in [0.4, 0.5) is 5.69 Å². The van der Waals surface area contributed by atoms with Gasteiger partial charge in [-0.3, -0.25) is 4.99 Å². The van der Waals surface area contributed by atoms with Crippen molar-refractivity contribution < 1.29 is 29.3 Å². The van der Waals surface area contributed by atoms with E-state index in [2.05, 4.69) is 4.99 Å². The Morgan fingerprint density at radius 2 is 1.26 bits per heavy atom. The number of phenolic OH excluding ortho intramolecular Hbond substituents is 2. The number of aromatic hydroxyl groups is 2. The van der Waals surface area contributed by atoms with Crippen molar-refractivity contribution >= 4 is 23.8 Å². The quantitative estimate of drug-likeness (QED) is 0.217. The highest BCUT2D eigenvalue weighted by atomic mass is 16.5. The summed E-state index contributed by atoms with van der Waals surface area (Å²) >= 11 is 0. The van der Waals surface area contributed by atoms with E-state index in [0.717, 1.165) is 11.1 Å². The third-order valence-corrected chi connectivity index (χ3v) is 5.02. The molecule has 4 aromatic rings. The summed E-state index contributed by atoms with van der Waals surface area (Å²) < 4.78 is 10.8. The predicted octanol–water partition coefficient (Wildman–Crippen LogP) is 5.60. The van der Waals surface area contributed by atoms with Crippen LogP contribution in [0.3, 0.4) is 0 Å². The molecule has 2 N–H and O–H groups in total. The van der Waals surface area contributed by atoms with Gasteiger partial charge in [0.05, 0.1) is 16.8 Å². The molecule has 0 spiro atoms. The maximum absolute atomic E-state index is 12.3. The Morgan fingerprint density at radius 1 is 0.714 bits per heavy atom. The zero-order chi connectivity index (χ0) is 24.8. The number of aliphatic imine (C=N–C) groups is 1. The number of carbonyl (C=O) groups excluding carboxylic acids is 2. The van der Waals surface area contributed by atoms with Crippen LogP contribution in [0, 0.1) is 6.92 Å². The molecule has 0 saturated carbocycles. The van der Waals surface area contributed by atoms with E-state index in [1.807, 2.05) is 6.92 Å². The van der Waals surface area contributed by atoms with Crippen LogP contribution in [-0.4, -0.2) is 28.4 Å². The Balaban J connectivity index is 1.37. The lowest BCUT2D eigenvalue weighted by molar-refractivity contribution is 0.0724. The first kappa shape index (κ1) is 23.3. The summed E-state index contributed by atoms with van der Waals surface area (Å²) in [5, 5.41) is 18.7. The Morgan fingerprint density at radius 3 is 1.80 bits per heavy atom. The topological polar surface area (TPSA) is 105 Å². The Kier molecular flexibility index (Phi) is 6.88. The van der Waals surface area contributed by atoms with Crippen LogP contribution in [0.25, 0.3) is 0 Å². The molecule has 0 aliphatic rings. The molecule has 0 heterocycles. The van der Waals surface area contributed by atoms with Crippen molar-refractivity contribution in [2.75, 3.05) is 0 Å². The molecule has 174 valence electrons. The van der Waals surface area contributed by atoms with Gasteiger partial charge in [-0.1, -0.05) is 0 Å². The predicted molar refractivity (Wildman–Crippen MR) is 131 cm³/mol. The molecule has 7 heteroatoms. The Bertz CT molecular complexity index is 1370. The van der Waals surface area contributed by atoms with Gasteiger partial charge < -0.3 is 19.7 Å². The number of aryl methyl sites for hydroxylation is 1. The molecule has 0 aromatic heterocycles. The standard InChI is InChI=1S/C28H21NO6/c1-18-16-22(8-15-26(18)35-28(33)21-6-11-24(31)12-7-21)29-17-19-2-13-25(14-3-19)34-27(32)20-4-9-23(30)10-5-20/h2-17,30-31H,1H3/b29-17+. The molecule has 4 aromatic carbocycles. The van der Waals surface area contributed by atoms with Gasteiger partial charge in [0.25, 0.3) is 0 Å². The number of rotatable bonds is 6. The van der Waals surface area contributed by atoms with E-state index in [-0.39, 0.29) is 11.5 Å². The molecule has 0 bridgehead atoms. The molecule has 0 unspecified atom stereocenters. The zero-order valence-corrected chi connectivity index (χ0v) is 18.7. The van der Waals surface area contributed by atoms with E-state index >= 15 is 0 Å². The third kappa shape index (κ3) is 6.11. The number of hydrogen-bond donors (Lipinski definition) is 2. The largest absolute Gasteiger partial charge is 0.508 e. The van der Waals surface area contributed by atoms with Crippen LogP contribution in [0.1, 0.15) is 31.8 Å². The van der Waals surface area contributed by atoms with Crippen molar-refractivity contribution in [3.8, 4) is 23.0 Å². The van der Waals surface area contributed by atoms with Crippen LogP contribution in [0.2, 0.25) is 0 Å². The van der Waals surface area contributed by atoms with Crippen molar-refractivity contribution in [1.29, 1.82) is 0 Å². The first-order chi connectivity index (χ1) is 16.9. The molecule has 0 saturated heterocycles. The average molecular weight is 467 g/mol. The van der Waals surface area contributed by atoms with Gasteiger partial charge in [-0.25, -0.2) is 9.59 Å². The smallest absolute Gasteiger partial charge is 0.343 e. The van der Waals surface area contributed by atoms with Gasteiger partial charge >= 0.3 is 11.9 Å². The Hall–Kier alpha value is -4.91. The number of nitrogens with zero attached hydrogens (tertiary/aromatic N) is 1. The van der Waals surface area contributed by atoms with Gasteiger partial charge in [0.1, 0.15) is 23.0 Å². The molecule has 0 amide bonds. The first-order valence-corrected chi connectivity index (χ1v) is 10.6. The lowest BCUT2D eigenvalue weighted by Crippen LogP contribution is -2.08. The van der Waals surface area contributed by atoms with Crippen LogP contribution in [-0.2, 0) is 0 Å². The molecule has 4 rings (SSSR count). The van der Waals surface area contributed by atoms with E-state index in [1.54, 1.807) is 48.7 Å². The fourth-order valence-corrected chi connectivity index (χ4v) is 3.12. The minimum Gasteiger partial charge on any atom is -0.508 e. The minimum atomic E-state index is -0.520. The molecular weight excluding hydrogens is 446 g/mol. The number of ether oxygens (including phenoxy) is 2. The van der Waals surface area contributed by atoms with E-state index in [0.29, 0.717) is 28.3 Å². The number of esters is 2. The maximum Gasteiger partial charge on any atom is 0.343 e. The molecule has 0 aliphatic heterocycles. The van der Waals surface area contributed by atoms with Crippen molar-refractivity contribution in [2.24, 2.45) is 4.99 Å². The summed E-state index contributed by atoms with van der Waals surface area (Å²) in [6.07, 6.45) is 1.67. The van der Waals surface area contributed by atoms with E-state index < -0.39 is 11.9 Å². The van der Waals surface area contributed by atoms with Crippen molar-refractivity contribution in [2.45, 2.75) is 6.92 Å². The van der Waals surface area contributed by atoms with E-state index in [4.69, 9.17) is 9.47 Å². The normalized spacial score (nSPS) is 10.8. The van der Waals surface area contributed by atoms with Gasteiger partial charge in [-0.05, 0) is 109 Å². The lowest BCUT2D eigenvalue weighted by atomic mass is 10.2. The van der Waals surface area contributed by atoms with Crippen molar-refractivity contribution in [3.63, 3.8) is 0 Å². The summed E-state index contributed by atoms with van der Waals surface area (Å²) in [6, 6.07) is 23.7. The Labute approximate surface area is 201 Å². The maximum atomic E-state index is 12.3. The summed E-state index contributed by atoms with van der Waals surface area (Å²) in [5.74, 6) is -0.0869. The number of carbonyl (C=O) groups is 2. The summed E-state index contributed by atoms with van der Waals surface area (Å²) in [5.41, 5.74) is 2.88. The van der Waals surface area contributed by atoms with Crippen molar-refractivity contribution in [3.05, 3.63) is 113 Å². The van der Waals surface area contributed by atoms with Gasteiger partial charge in [-0.2, -0.15) is 0 Å². The highest BCUT2D eigenvalue weighted by molar-refractivity contribution is 5.92. The summed E-state index contributed by atoms with van der Waals surface area (Å²) in [6.45, 7) is 1.82. The number of hydrogen-bond acceptors (Lipinski definition) is 7. The molecule has 0 fully saturated rings. The molecular formula is C28H21NO6. The summed E-state index contributed by atoms with van der Waals surface area (Å²) in [4.78, 5) is 28.9. The third-order valence-electron chi connectivity index (χ3n) is 5.02. The fourth-order valence-electron chi connectivity index (χ4n) is 3.12. The SMILES string of the molecule is Cc1cc(/N=C/c2ccc(OC(=O)c3ccc(O)cc3)cc2)ccc1OC(=O)c1ccc(O)cc1. The van der Waals surface area contributed by atoms with Gasteiger partial charge in [0.15, 0.2) is 0 Å². The van der Waals surface area contributed by atoms with Gasteiger partial charge in [0.2, 0.25) is 0 Å². The monoisotopic (exact) mass is 467 g/mol. The fraction of sp³-hybridized carbons (Fsp3) is 0.0357. The lowest BCUT2D eigenvalue weighted by Gasteiger charge is -2.08.